The summed E-state index contributed by atoms with van der Waals surface area (Å²) in [6.45, 7) is 2.96. The standard InChI is InChI=1S/C23H25NO6/c1-13-20(23(26)28-11-15-4-3-9-27-15)21(22-16(24-13)5-2-6-17(22)25)14-7-8-18-19(10-14)30-12-29-18/h7-8,10,15,20-21H,2-6,9,11-12H2,1H3/t15-,20?,21+/m0/s1. The largest absolute Gasteiger partial charge is 0.462 e. The van der Waals surface area contributed by atoms with Gasteiger partial charge >= 0.3 is 5.97 Å². The van der Waals surface area contributed by atoms with E-state index < -0.39 is 11.8 Å². The van der Waals surface area contributed by atoms with Crippen molar-refractivity contribution in [3.8, 4) is 11.5 Å². The molecule has 1 fully saturated rings. The number of esters is 1. The molecule has 3 atom stereocenters. The topological polar surface area (TPSA) is 83.4 Å². The Hall–Kier alpha value is -2.67. The summed E-state index contributed by atoms with van der Waals surface area (Å²) in [6, 6.07) is 5.61. The van der Waals surface area contributed by atoms with Crippen molar-refractivity contribution in [2.24, 2.45) is 10.9 Å². The molecule has 30 heavy (non-hydrogen) atoms. The van der Waals surface area contributed by atoms with Crippen molar-refractivity contribution in [1.82, 2.24) is 0 Å². The third kappa shape index (κ3) is 3.41. The molecule has 0 N–H and O–H groups in total. The van der Waals surface area contributed by atoms with Gasteiger partial charge < -0.3 is 18.9 Å². The molecule has 0 spiro atoms. The highest BCUT2D eigenvalue weighted by atomic mass is 16.7. The molecule has 5 rings (SSSR count). The van der Waals surface area contributed by atoms with E-state index in [0.717, 1.165) is 36.9 Å². The Kier molecular flexibility index (Phi) is 5.06. The number of carbonyl (C=O) groups is 2. The highest BCUT2D eigenvalue weighted by molar-refractivity contribution is 6.08. The van der Waals surface area contributed by atoms with Gasteiger partial charge in [-0.15, -0.1) is 0 Å². The van der Waals surface area contributed by atoms with Gasteiger partial charge in [0.05, 0.1) is 6.10 Å². The zero-order valence-electron chi connectivity index (χ0n) is 17.0. The fourth-order valence-electron chi connectivity index (χ4n) is 4.82. The van der Waals surface area contributed by atoms with Crippen molar-refractivity contribution < 1.29 is 28.5 Å². The summed E-state index contributed by atoms with van der Waals surface area (Å²) in [5.41, 5.74) is 2.97. The fourth-order valence-corrected chi connectivity index (χ4v) is 4.82. The molecule has 0 aromatic heterocycles. The lowest BCUT2D eigenvalue weighted by Crippen LogP contribution is -2.38. The predicted octanol–water partition coefficient (Wildman–Crippen LogP) is 3.32. The number of aliphatic imine (C=N–C) groups is 1. The van der Waals surface area contributed by atoms with Gasteiger partial charge in [-0.05, 0) is 50.3 Å². The maximum Gasteiger partial charge on any atom is 0.315 e. The zero-order chi connectivity index (χ0) is 20.7. The molecule has 158 valence electrons. The molecule has 1 aliphatic carbocycles. The first kappa shape index (κ1) is 19.3. The molecule has 0 bridgehead atoms. The van der Waals surface area contributed by atoms with Crippen LogP contribution in [-0.4, -0.2) is 43.6 Å². The molecular weight excluding hydrogens is 386 g/mol. The van der Waals surface area contributed by atoms with Crippen molar-refractivity contribution in [1.29, 1.82) is 0 Å². The van der Waals surface area contributed by atoms with Crippen LogP contribution in [0.2, 0.25) is 0 Å². The molecule has 0 amide bonds. The van der Waals surface area contributed by atoms with Crippen LogP contribution in [0, 0.1) is 5.92 Å². The smallest absolute Gasteiger partial charge is 0.315 e. The van der Waals surface area contributed by atoms with E-state index in [1.807, 2.05) is 25.1 Å². The van der Waals surface area contributed by atoms with Crippen LogP contribution in [0.25, 0.3) is 0 Å². The third-order valence-electron chi connectivity index (χ3n) is 6.28. The van der Waals surface area contributed by atoms with Gasteiger partial charge in [0, 0.05) is 35.9 Å². The number of allylic oxidation sites excluding steroid dienone is 2. The van der Waals surface area contributed by atoms with Crippen LogP contribution in [0.5, 0.6) is 11.5 Å². The van der Waals surface area contributed by atoms with Crippen molar-refractivity contribution in [3.63, 3.8) is 0 Å². The van der Waals surface area contributed by atoms with Gasteiger partial charge in [0.25, 0.3) is 0 Å². The minimum Gasteiger partial charge on any atom is -0.462 e. The van der Waals surface area contributed by atoms with Crippen LogP contribution in [0.15, 0.2) is 34.5 Å². The summed E-state index contributed by atoms with van der Waals surface area (Å²) in [5.74, 6) is -0.0815. The second-order valence-electron chi connectivity index (χ2n) is 8.22. The molecule has 1 saturated heterocycles. The summed E-state index contributed by atoms with van der Waals surface area (Å²) in [4.78, 5) is 30.8. The predicted molar refractivity (Wildman–Crippen MR) is 108 cm³/mol. The number of Topliss-reactive ketones (excluding diaryl/α,β-unsaturated/α-hetero) is 1. The number of hydrogen-bond acceptors (Lipinski definition) is 7. The lowest BCUT2D eigenvalue weighted by atomic mass is 9.71. The van der Waals surface area contributed by atoms with Crippen LogP contribution in [-0.2, 0) is 19.1 Å². The zero-order valence-corrected chi connectivity index (χ0v) is 17.0. The lowest BCUT2D eigenvalue weighted by Gasteiger charge is -2.34. The lowest BCUT2D eigenvalue weighted by molar-refractivity contribution is -0.149. The molecule has 3 aliphatic heterocycles. The summed E-state index contributed by atoms with van der Waals surface area (Å²) in [5, 5.41) is 0. The van der Waals surface area contributed by atoms with Gasteiger partial charge in [0.2, 0.25) is 6.79 Å². The first-order valence-corrected chi connectivity index (χ1v) is 10.6. The molecule has 0 saturated carbocycles. The molecule has 1 aromatic rings. The Labute approximate surface area is 175 Å². The van der Waals surface area contributed by atoms with E-state index in [4.69, 9.17) is 18.9 Å². The molecule has 4 aliphatic rings. The Morgan fingerprint density at radius 2 is 2.07 bits per heavy atom. The van der Waals surface area contributed by atoms with Gasteiger partial charge in [-0.3, -0.25) is 14.6 Å². The quantitative estimate of drug-likeness (QED) is 0.707. The average molecular weight is 411 g/mol. The van der Waals surface area contributed by atoms with Crippen LogP contribution in [0.1, 0.15) is 50.5 Å². The van der Waals surface area contributed by atoms with Crippen molar-refractivity contribution in [2.75, 3.05) is 20.0 Å². The molecular formula is C23H25NO6. The number of nitrogens with zero attached hydrogens (tertiary/aromatic N) is 1. The molecule has 3 heterocycles. The maximum absolute atomic E-state index is 13.2. The minimum absolute atomic E-state index is 0.0510. The van der Waals surface area contributed by atoms with E-state index in [1.54, 1.807) is 0 Å². The molecule has 1 unspecified atom stereocenters. The van der Waals surface area contributed by atoms with E-state index in [-0.39, 0.29) is 31.3 Å². The highest BCUT2D eigenvalue weighted by Gasteiger charge is 2.43. The minimum atomic E-state index is -0.646. The number of fused-ring (bicyclic) bond motifs is 1. The van der Waals surface area contributed by atoms with E-state index in [1.165, 1.54) is 0 Å². The summed E-state index contributed by atoms with van der Waals surface area (Å²) in [7, 11) is 0. The van der Waals surface area contributed by atoms with Crippen molar-refractivity contribution >= 4 is 17.5 Å². The van der Waals surface area contributed by atoms with Crippen LogP contribution >= 0.6 is 0 Å². The maximum atomic E-state index is 13.2. The molecule has 7 nitrogen and oxygen atoms in total. The number of carbonyl (C=O) groups excluding carboxylic acids is 2. The van der Waals surface area contributed by atoms with Gasteiger partial charge in [-0.25, -0.2) is 0 Å². The second-order valence-corrected chi connectivity index (χ2v) is 8.22. The Morgan fingerprint density at radius 1 is 1.20 bits per heavy atom. The monoisotopic (exact) mass is 411 g/mol. The number of ketones is 1. The number of ether oxygens (including phenoxy) is 4. The van der Waals surface area contributed by atoms with E-state index >= 15 is 0 Å². The third-order valence-corrected chi connectivity index (χ3v) is 6.28. The molecule has 0 radical (unpaired) electrons. The highest BCUT2D eigenvalue weighted by Crippen LogP contribution is 2.46. The Bertz CT molecular complexity index is 943. The van der Waals surface area contributed by atoms with Crippen LogP contribution < -0.4 is 9.47 Å². The normalized spacial score (nSPS) is 27.7. The average Bonchev–Trinajstić information content (AvgIpc) is 3.42. The van der Waals surface area contributed by atoms with E-state index in [0.29, 0.717) is 35.8 Å². The van der Waals surface area contributed by atoms with Gasteiger partial charge in [0.15, 0.2) is 17.3 Å². The van der Waals surface area contributed by atoms with E-state index in [9.17, 15) is 9.59 Å². The van der Waals surface area contributed by atoms with Crippen LogP contribution in [0.3, 0.4) is 0 Å². The summed E-state index contributed by atoms with van der Waals surface area (Å²) in [6.07, 6.45) is 3.84. The second kappa shape index (κ2) is 7.87. The molecule has 7 heteroatoms. The van der Waals surface area contributed by atoms with Gasteiger partial charge in [-0.2, -0.15) is 0 Å². The van der Waals surface area contributed by atoms with E-state index in [2.05, 4.69) is 4.99 Å². The molecule has 1 aromatic carbocycles. The van der Waals surface area contributed by atoms with Gasteiger partial charge in [-0.1, -0.05) is 6.07 Å². The Morgan fingerprint density at radius 3 is 2.90 bits per heavy atom. The first-order valence-electron chi connectivity index (χ1n) is 10.6. The SMILES string of the molecule is CC1=NC2=C(C(=O)CCC2)[C@H](c2ccc3c(c2)OCO3)C1C(=O)OC[C@@H]1CCCO1. The fraction of sp³-hybridized carbons (Fsp3) is 0.522. The van der Waals surface area contributed by atoms with Gasteiger partial charge in [0.1, 0.15) is 12.5 Å². The first-order chi connectivity index (χ1) is 14.6. The summed E-state index contributed by atoms with van der Waals surface area (Å²) < 4.78 is 22.2. The van der Waals surface area contributed by atoms with Crippen molar-refractivity contribution in [2.45, 2.75) is 51.0 Å². The number of benzene rings is 1. The summed E-state index contributed by atoms with van der Waals surface area (Å²) >= 11 is 0. The van der Waals surface area contributed by atoms with Crippen LogP contribution in [0.4, 0.5) is 0 Å². The van der Waals surface area contributed by atoms with Crippen molar-refractivity contribution in [3.05, 3.63) is 35.0 Å². The Balaban J connectivity index is 1.50. The number of rotatable bonds is 4. The number of hydrogen-bond donors (Lipinski definition) is 0.